The van der Waals surface area contributed by atoms with Gasteiger partial charge in [0.05, 0.1) is 5.69 Å². The minimum atomic E-state index is -0.852. The molecule has 0 unspecified atom stereocenters. The van der Waals surface area contributed by atoms with Crippen molar-refractivity contribution in [3.8, 4) is 0 Å². The predicted octanol–water partition coefficient (Wildman–Crippen LogP) is 2.30. The molecular weight excluding hydrogens is 228 g/mol. The van der Waals surface area contributed by atoms with Gasteiger partial charge in [-0.05, 0) is 38.5 Å². The Hall–Kier alpha value is -1.03. The van der Waals surface area contributed by atoms with Gasteiger partial charge in [0.2, 0.25) is 0 Å². The Morgan fingerprint density at radius 3 is 2.62 bits per heavy atom. The van der Waals surface area contributed by atoms with Crippen LogP contribution in [0.4, 0.5) is 0 Å². The molecule has 2 aliphatic rings. The first-order valence-electron chi connectivity index (χ1n) is 5.55. The number of hydrogen-bond donors (Lipinski definition) is 1. The molecule has 1 heterocycles. The van der Waals surface area contributed by atoms with Crippen LogP contribution in [0.25, 0.3) is 0 Å². The number of carbonyl (C=O) groups is 1. The van der Waals surface area contributed by atoms with Crippen molar-refractivity contribution in [2.45, 2.75) is 44.1 Å². The molecular formula is C11H13ClN2O2. The van der Waals surface area contributed by atoms with E-state index < -0.39 is 11.5 Å². The van der Waals surface area contributed by atoms with Gasteiger partial charge in [-0.25, -0.2) is 9.48 Å². The van der Waals surface area contributed by atoms with E-state index in [1.807, 2.05) is 6.92 Å². The molecule has 0 aromatic carbocycles. The van der Waals surface area contributed by atoms with Crippen molar-refractivity contribution >= 4 is 17.6 Å². The molecule has 0 radical (unpaired) electrons. The minimum absolute atomic E-state index is 0.505. The van der Waals surface area contributed by atoms with E-state index in [1.54, 1.807) is 0 Å². The fourth-order valence-electron chi connectivity index (χ4n) is 2.27. The van der Waals surface area contributed by atoms with E-state index in [9.17, 15) is 9.90 Å². The number of aromatic nitrogens is 2. The standard InChI is InChI=1S/C11H13ClN2O2/c1-6-8(7-2-3-7)9(12)14(13-6)11(4-5-11)10(15)16/h7H,2-5H2,1H3,(H,15,16). The fraction of sp³-hybridized carbons (Fsp3) is 0.636. The Bertz CT molecular complexity index is 473. The smallest absolute Gasteiger partial charge is 0.331 e. The summed E-state index contributed by atoms with van der Waals surface area (Å²) in [7, 11) is 0. The summed E-state index contributed by atoms with van der Waals surface area (Å²) in [6.45, 7) is 1.91. The molecule has 2 saturated carbocycles. The molecule has 4 nitrogen and oxygen atoms in total. The van der Waals surface area contributed by atoms with Gasteiger partial charge in [-0.3, -0.25) is 0 Å². The van der Waals surface area contributed by atoms with Gasteiger partial charge in [-0.2, -0.15) is 5.10 Å². The van der Waals surface area contributed by atoms with Gasteiger partial charge in [-0.1, -0.05) is 11.6 Å². The molecule has 5 heteroatoms. The lowest BCUT2D eigenvalue weighted by Gasteiger charge is -2.11. The zero-order valence-electron chi connectivity index (χ0n) is 9.03. The van der Waals surface area contributed by atoms with Gasteiger partial charge < -0.3 is 5.11 Å². The molecule has 1 aromatic rings. The van der Waals surface area contributed by atoms with Gasteiger partial charge in [0.25, 0.3) is 0 Å². The summed E-state index contributed by atoms with van der Waals surface area (Å²) in [6, 6.07) is 0. The molecule has 0 atom stereocenters. The van der Waals surface area contributed by atoms with Gasteiger partial charge in [0, 0.05) is 5.56 Å². The molecule has 2 fully saturated rings. The average Bonchev–Trinajstić information content (AvgIpc) is 3.10. The molecule has 0 saturated heterocycles. The van der Waals surface area contributed by atoms with Gasteiger partial charge in [0.15, 0.2) is 5.54 Å². The highest BCUT2D eigenvalue weighted by molar-refractivity contribution is 6.30. The predicted molar refractivity (Wildman–Crippen MR) is 58.8 cm³/mol. The van der Waals surface area contributed by atoms with Gasteiger partial charge >= 0.3 is 5.97 Å². The lowest BCUT2D eigenvalue weighted by molar-refractivity contribution is -0.142. The Labute approximate surface area is 98.2 Å². The first-order valence-corrected chi connectivity index (χ1v) is 5.93. The van der Waals surface area contributed by atoms with Crippen LogP contribution in [0, 0.1) is 6.92 Å². The third kappa shape index (κ3) is 1.22. The summed E-state index contributed by atoms with van der Waals surface area (Å²) < 4.78 is 1.53. The first kappa shape index (κ1) is 10.1. The Morgan fingerprint density at radius 2 is 2.19 bits per heavy atom. The number of carboxylic acid groups (broad SMARTS) is 1. The van der Waals surface area contributed by atoms with Crippen LogP contribution < -0.4 is 0 Å². The molecule has 3 rings (SSSR count). The van der Waals surface area contributed by atoms with Crippen LogP contribution in [0.3, 0.4) is 0 Å². The summed E-state index contributed by atoms with van der Waals surface area (Å²) >= 11 is 6.27. The number of nitrogens with zero attached hydrogens (tertiary/aromatic N) is 2. The van der Waals surface area contributed by atoms with Crippen LogP contribution in [0.15, 0.2) is 0 Å². The fourth-order valence-corrected chi connectivity index (χ4v) is 2.76. The maximum Gasteiger partial charge on any atom is 0.331 e. The topological polar surface area (TPSA) is 55.1 Å². The van der Waals surface area contributed by atoms with Crippen molar-refractivity contribution in [1.29, 1.82) is 0 Å². The Kier molecular flexibility index (Phi) is 1.90. The van der Waals surface area contributed by atoms with E-state index in [2.05, 4.69) is 5.10 Å². The zero-order chi connectivity index (χ0) is 11.5. The minimum Gasteiger partial charge on any atom is -0.479 e. The Morgan fingerprint density at radius 1 is 1.56 bits per heavy atom. The maximum absolute atomic E-state index is 11.2. The van der Waals surface area contributed by atoms with Crippen molar-refractivity contribution in [2.75, 3.05) is 0 Å². The molecule has 0 amide bonds. The number of halogens is 1. The molecule has 0 spiro atoms. The SMILES string of the molecule is Cc1nn(C2(C(=O)O)CC2)c(Cl)c1C1CC1. The van der Waals surface area contributed by atoms with Crippen LogP contribution in [-0.2, 0) is 10.3 Å². The number of hydrogen-bond acceptors (Lipinski definition) is 2. The summed E-state index contributed by atoms with van der Waals surface area (Å²) in [4.78, 5) is 11.2. The quantitative estimate of drug-likeness (QED) is 0.882. The monoisotopic (exact) mass is 240 g/mol. The van der Waals surface area contributed by atoms with Crippen molar-refractivity contribution < 1.29 is 9.90 Å². The van der Waals surface area contributed by atoms with Gasteiger partial charge in [-0.15, -0.1) is 0 Å². The number of rotatable bonds is 3. The number of aryl methyl sites for hydroxylation is 1. The molecule has 1 N–H and O–H groups in total. The van der Waals surface area contributed by atoms with Crippen LogP contribution in [-0.4, -0.2) is 20.9 Å². The summed E-state index contributed by atoms with van der Waals surface area (Å²) in [6.07, 6.45) is 3.55. The largest absolute Gasteiger partial charge is 0.479 e. The second-order valence-electron chi connectivity index (χ2n) is 4.81. The summed E-state index contributed by atoms with van der Waals surface area (Å²) in [5, 5.41) is 14.1. The number of carboxylic acids is 1. The normalized spacial score (nSPS) is 22.1. The molecule has 16 heavy (non-hydrogen) atoms. The Balaban J connectivity index is 2.09. The van der Waals surface area contributed by atoms with Crippen LogP contribution in [0.2, 0.25) is 5.15 Å². The molecule has 86 valence electrons. The van der Waals surface area contributed by atoms with Crippen LogP contribution >= 0.6 is 11.6 Å². The summed E-state index contributed by atoms with van der Waals surface area (Å²) in [5.74, 6) is -0.315. The first-order chi connectivity index (χ1) is 7.56. The third-order valence-corrected chi connectivity index (χ3v) is 3.92. The highest BCUT2D eigenvalue weighted by Gasteiger charge is 2.55. The van der Waals surface area contributed by atoms with E-state index in [0.29, 0.717) is 23.9 Å². The van der Waals surface area contributed by atoms with Crippen molar-refractivity contribution in [3.63, 3.8) is 0 Å². The zero-order valence-corrected chi connectivity index (χ0v) is 9.79. The molecule has 0 bridgehead atoms. The van der Waals surface area contributed by atoms with Crippen molar-refractivity contribution in [1.82, 2.24) is 9.78 Å². The van der Waals surface area contributed by atoms with Crippen LogP contribution in [0.5, 0.6) is 0 Å². The highest BCUT2D eigenvalue weighted by atomic mass is 35.5. The lowest BCUT2D eigenvalue weighted by atomic mass is 10.2. The second-order valence-corrected chi connectivity index (χ2v) is 5.17. The van der Waals surface area contributed by atoms with E-state index in [1.165, 1.54) is 4.68 Å². The van der Waals surface area contributed by atoms with E-state index >= 15 is 0 Å². The average molecular weight is 241 g/mol. The molecule has 2 aliphatic carbocycles. The van der Waals surface area contributed by atoms with Gasteiger partial charge in [0.1, 0.15) is 5.15 Å². The second kappa shape index (κ2) is 3.00. The number of aliphatic carboxylic acids is 1. The van der Waals surface area contributed by atoms with E-state index in [0.717, 1.165) is 24.1 Å². The van der Waals surface area contributed by atoms with Crippen molar-refractivity contribution in [3.05, 3.63) is 16.4 Å². The third-order valence-electron chi connectivity index (χ3n) is 3.56. The van der Waals surface area contributed by atoms with E-state index in [4.69, 9.17) is 11.6 Å². The maximum atomic E-state index is 11.2. The lowest BCUT2D eigenvalue weighted by Crippen LogP contribution is -2.28. The van der Waals surface area contributed by atoms with E-state index in [-0.39, 0.29) is 0 Å². The summed E-state index contributed by atoms with van der Waals surface area (Å²) in [5.41, 5.74) is 1.10. The highest BCUT2D eigenvalue weighted by Crippen LogP contribution is 2.50. The van der Waals surface area contributed by atoms with Crippen molar-refractivity contribution in [2.24, 2.45) is 0 Å². The molecule has 0 aliphatic heterocycles. The van der Waals surface area contributed by atoms with Crippen LogP contribution in [0.1, 0.15) is 42.9 Å². The molecule has 1 aromatic heterocycles.